The zero-order chi connectivity index (χ0) is 14.3. The standard InChI is InChI=1S/C17H29NO/c1-6-15(7-2)12-19-17-11-13(4)9-10-16(17)14(5)18-8-3/h9-11,14-15,18H,6-8,12H2,1-5H3. The van der Waals surface area contributed by atoms with Crippen LogP contribution in [0.15, 0.2) is 18.2 Å². The van der Waals surface area contributed by atoms with E-state index in [9.17, 15) is 0 Å². The zero-order valence-corrected chi connectivity index (χ0v) is 13.1. The summed E-state index contributed by atoms with van der Waals surface area (Å²) in [5, 5.41) is 3.46. The second kappa shape index (κ2) is 8.21. The van der Waals surface area contributed by atoms with Gasteiger partial charge in [-0.05, 0) is 37.9 Å². The molecule has 0 spiro atoms. The van der Waals surface area contributed by atoms with Crippen molar-refractivity contribution in [3.05, 3.63) is 29.3 Å². The molecule has 2 nitrogen and oxygen atoms in total. The van der Waals surface area contributed by atoms with Crippen LogP contribution in [0.1, 0.15) is 57.7 Å². The average molecular weight is 263 g/mol. The largest absolute Gasteiger partial charge is 0.493 e. The third-order valence-electron chi connectivity index (χ3n) is 3.78. The molecule has 1 atom stereocenters. The first kappa shape index (κ1) is 16.0. The third-order valence-corrected chi connectivity index (χ3v) is 3.78. The molecule has 0 aliphatic rings. The van der Waals surface area contributed by atoms with Crippen LogP contribution in [-0.2, 0) is 0 Å². The lowest BCUT2D eigenvalue weighted by Gasteiger charge is -2.20. The van der Waals surface area contributed by atoms with Crippen LogP contribution in [0, 0.1) is 12.8 Å². The molecule has 19 heavy (non-hydrogen) atoms. The molecule has 0 saturated heterocycles. The van der Waals surface area contributed by atoms with Crippen LogP contribution in [0.25, 0.3) is 0 Å². The molecule has 0 radical (unpaired) electrons. The molecule has 0 bridgehead atoms. The summed E-state index contributed by atoms with van der Waals surface area (Å²) in [5.41, 5.74) is 2.52. The first-order valence-electron chi connectivity index (χ1n) is 7.59. The highest BCUT2D eigenvalue weighted by Gasteiger charge is 2.12. The summed E-state index contributed by atoms with van der Waals surface area (Å²) < 4.78 is 6.09. The van der Waals surface area contributed by atoms with E-state index >= 15 is 0 Å². The zero-order valence-electron chi connectivity index (χ0n) is 13.1. The molecule has 2 heteroatoms. The van der Waals surface area contributed by atoms with Crippen LogP contribution >= 0.6 is 0 Å². The van der Waals surface area contributed by atoms with E-state index < -0.39 is 0 Å². The lowest BCUT2D eigenvalue weighted by molar-refractivity contribution is 0.237. The van der Waals surface area contributed by atoms with Crippen molar-refractivity contribution in [3.63, 3.8) is 0 Å². The van der Waals surface area contributed by atoms with E-state index in [0.717, 1.165) is 18.9 Å². The molecule has 0 aliphatic heterocycles. The number of rotatable bonds is 8. The molecule has 1 unspecified atom stereocenters. The molecule has 1 rings (SSSR count). The number of ether oxygens (including phenoxy) is 1. The molecule has 0 amide bonds. The summed E-state index contributed by atoms with van der Waals surface area (Å²) in [6.07, 6.45) is 2.36. The van der Waals surface area contributed by atoms with Gasteiger partial charge >= 0.3 is 0 Å². The summed E-state index contributed by atoms with van der Waals surface area (Å²) in [4.78, 5) is 0. The van der Waals surface area contributed by atoms with Crippen molar-refractivity contribution in [1.29, 1.82) is 0 Å². The lowest BCUT2D eigenvalue weighted by Crippen LogP contribution is -2.19. The van der Waals surface area contributed by atoms with Crippen molar-refractivity contribution in [3.8, 4) is 5.75 Å². The number of hydrogen-bond acceptors (Lipinski definition) is 2. The molecule has 0 heterocycles. The van der Waals surface area contributed by atoms with Crippen LogP contribution in [-0.4, -0.2) is 13.2 Å². The smallest absolute Gasteiger partial charge is 0.124 e. The van der Waals surface area contributed by atoms with E-state index in [2.05, 4.69) is 58.1 Å². The van der Waals surface area contributed by atoms with Gasteiger partial charge in [0.25, 0.3) is 0 Å². The molecular formula is C17H29NO. The van der Waals surface area contributed by atoms with Crippen molar-refractivity contribution in [2.45, 2.75) is 53.5 Å². The molecule has 0 aromatic heterocycles. The van der Waals surface area contributed by atoms with E-state index in [1.165, 1.54) is 24.0 Å². The van der Waals surface area contributed by atoms with Crippen LogP contribution in [0.5, 0.6) is 5.75 Å². The summed E-state index contributed by atoms with van der Waals surface area (Å²) in [6, 6.07) is 6.84. The Kier molecular flexibility index (Phi) is 6.93. The SMILES string of the molecule is CCNC(C)c1ccc(C)cc1OCC(CC)CC. The minimum absolute atomic E-state index is 0.335. The minimum Gasteiger partial charge on any atom is -0.493 e. The predicted molar refractivity (Wildman–Crippen MR) is 82.8 cm³/mol. The van der Waals surface area contributed by atoms with Gasteiger partial charge in [-0.1, -0.05) is 45.7 Å². The minimum atomic E-state index is 0.335. The van der Waals surface area contributed by atoms with Crippen molar-refractivity contribution in [1.82, 2.24) is 5.32 Å². The lowest BCUT2D eigenvalue weighted by atomic mass is 10.0. The van der Waals surface area contributed by atoms with Crippen molar-refractivity contribution >= 4 is 0 Å². The third kappa shape index (κ3) is 4.87. The van der Waals surface area contributed by atoms with Gasteiger partial charge < -0.3 is 10.1 Å². The van der Waals surface area contributed by atoms with Gasteiger partial charge in [0.2, 0.25) is 0 Å². The Bertz CT molecular complexity index is 372. The topological polar surface area (TPSA) is 21.3 Å². The molecule has 0 saturated carbocycles. The number of hydrogen-bond donors (Lipinski definition) is 1. The van der Waals surface area contributed by atoms with E-state index in [0.29, 0.717) is 12.0 Å². The number of nitrogens with one attached hydrogen (secondary N) is 1. The predicted octanol–water partition coefficient (Wildman–Crippen LogP) is 4.48. The van der Waals surface area contributed by atoms with Crippen molar-refractivity contribution < 1.29 is 4.74 Å². The van der Waals surface area contributed by atoms with Gasteiger partial charge in [-0.25, -0.2) is 0 Å². The van der Waals surface area contributed by atoms with Gasteiger partial charge in [0.05, 0.1) is 6.61 Å². The Labute approximate surface area is 118 Å². The van der Waals surface area contributed by atoms with E-state index in [-0.39, 0.29) is 0 Å². The fraction of sp³-hybridized carbons (Fsp3) is 0.647. The van der Waals surface area contributed by atoms with Crippen LogP contribution < -0.4 is 10.1 Å². The Morgan fingerprint density at radius 2 is 1.84 bits per heavy atom. The first-order chi connectivity index (χ1) is 9.12. The maximum absolute atomic E-state index is 6.09. The van der Waals surface area contributed by atoms with Gasteiger partial charge in [-0.15, -0.1) is 0 Å². The van der Waals surface area contributed by atoms with E-state index in [1.807, 2.05) is 0 Å². The van der Waals surface area contributed by atoms with E-state index in [1.54, 1.807) is 0 Å². The Hall–Kier alpha value is -1.02. The molecular weight excluding hydrogens is 234 g/mol. The van der Waals surface area contributed by atoms with Gasteiger partial charge in [0.15, 0.2) is 0 Å². The second-order valence-corrected chi connectivity index (χ2v) is 5.31. The maximum atomic E-state index is 6.09. The highest BCUT2D eigenvalue weighted by atomic mass is 16.5. The van der Waals surface area contributed by atoms with Crippen LogP contribution in [0.4, 0.5) is 0 Å². The highest BCUT2D eigenvalue weighted by Crippen LogP contribution is 2.27. The second-order valence-electron chi connectivity index (χ2n) is 5.31. The fourth-order valence-corrected chi connectivity index (χ4v) is 2.27. The van der Waals surface area contributed by atoms with Crippen LogP contribution in [0.2, 0.25) is 0 Å². The molecule has 0 fully saturated rings. The molecule has 1 N–H and O–H groups in total. The van der Waals surface area contributed by atoms with Gasteiger partial charge in [-0.2, -0.15) is 0 Å². The summed E-state index contributed by atoms with van der Waals surface area (Å²) >= 11 is 0. The average Bonchev–Trinajstić information content (AvgIpc) is 2.40. The summed E-state index contributed by atoms with van der Waals surface area (Å²) in [6.45, 7) is 12.7. The molecule has 108 valence electrons. The van der Waals surface area contributed by atoms with Crippen LogP contribution in [0.3, 0.4) is 0 Å². The Morgan fingerprint density at radius 1 is 1.16 bits per heavy atom. The van der Waals surface area contributed by atoms with Gasteiger partial charge in [0, 0.05) is 11.6 Å². The van der Waals surface area contributed by atoms with Crippen molar-refractivity contribution in [2.75, 3.05) is 13.2 Å². The fourth-order valence-electron chi connectivity index (χ4n) is 2.27. The van der Waals surface area contributed by atoms with Gasteiger partial charge in [-0.3, -0.25) is 0 Å². The molecule has 0 aliphatic carbocycles. The molecule has 1 aromatic rings. The monoisotopic (exact) mass is 263 g/mol. The normalized spacial score (nSPS) is 12.7. The highest BCUT2D eigenvalue weighted by molar-refractivity contribution is 5.39. The van der Waals surface area contributed by atoms with Gasteiger partial charge in [0.1, 0.15) is 5.75 Å². The van der Waals surface area contributed by atoms with E-state index in [4.69, 9.17) is 4.74 Å². The quantitative estimate of drug-likeness (QED) is 0.746. The number of aryl methyl sites for hydroxylation is 1. The first-order valence-corrected chi connectivity index (χ1v) is 7.59. The molecule has 1 aromatic carbocycles. The Balaban J connectivity index is 2.81. The number of benzene rings is 1. The summed E-state index contributed by atoms with van der Waals surface area (Å²) in [5.74, 6) is 1.70. The maximum Gasteiger partial charge on any atom is 0.124 e. The Morgan fingerprint density at radius 3 is 2.42 bits per heavy atom. The van der Waals surface area contributed by atoms with Crippen molar-refractivity contribution in [2.24, 2.45) is 5.92 Å². The summed E-state index contributed by atoms with van der Waals surface area (Å²) in [7, 11) is 0.